The Hall–Kier alpha value is -2.65. The third-order valence-corrected chi connectivity index (χ3v) is 4.41. The number of piperidine rings is 1. The van der Waals surface area contributed by atoms with Gasteiger partial charge >= 0.3 is 0 Å². The molecule has 0 aromatic carbocycles. The number of nitrogens with zero attached hydrogens (tertiary/aromatic N) is 4. The summed E-state index contributed by atoms with van der Waals surface area (Å²) in [5, 5.41) is 12.3. The van der Waals surface area contributed by atoms with E-state index in [2.05, 4.69) is 21.5 Å². The van der Waals surface area contributed by atoms with E-state index >= 15 is 0 Å². The predicted molar refractivity (Wildman–Crippen MR) is 95.0 cm³/mol. The van der Waals surface area contributed by atoms with Crippen LogP contribution in [0.2, 0.25) is 5.02 Å². The Kier molecular flexibility index (Phi) is 5.46. The minimum Gasteiger partial charge on any atom is -0.310 e. The number of nitriles is 1. The highest BCUT2D eigenvalue weighted by Crippen LogP contribution is 2.25. The van der Waals surface area contributed by atoms with Gasteiger partial charge in [0.2, 0.25) is 5.91 Å². The van der Waals surface area contributed by atoms with Crippen molar-refractivity contribution in [3.05, 3.63) is 52.9 Å². The van der Waals surface area contributed by atoms with Gasteiger partial charge in [0.25, 0.3) is 0 Å². The lowest BCUT2D eigenvalue weighted by atomic mass is 9.94. The zero-order valence-corrected chi connectivity index (χ0v) is 14.4. The van der Waals surface area contributed by atoms with Crippen molar-refractivity contribution in [1.82, 2.24) is 14.9 Å². The molecule has 1 aliphatic rings. The van der Waals surface area contributed by atoms with Gasteiger partial charge in [0.15, 0.2) is 6.19 Å². The summed E-state index contributed by atoms with van der Waals surface area (Å²) in [6, 6.07) is 7.21. The largest absolute Gasteiger partial charge is 0.310 e. The van der Waals surface area contributed by atoms with E-state index in [-0.39, 0.29) is 18.2 Å². The molecule has 0 bridgehead atoms. The average Bonchev–Trinajstić information content (AvgIpc) is 2.64. The van der Waals surface area contributed by atoms with Crippen LogP contribution >= 0.6 is 11.6 Å². The van der Waals surface area contributed by atoms with Crippen LogP contribution in [-0.4, -0.2) is 33.9 Å². The van der Waals surface area contributed by atoms with Gasteiger partial charge in [-0.3, -0.25) is 9.78 Å². The molecule has 1 unspecified atom stereocenters. The quantitative estimate of drug-likeness (QED) is 0.852. The number of hydrogen-bond acceptors (Lipinski definition) is 5. The van der Waals surface area contributed by atoms with Crippen LogP contribution in [0.1, 0.15) is 30.0 Å². The molecule has 1 saturated heterocycles. The highest BCUT2D eigenvalue weighted by Gasteiger charge is 2.21. The molecule has 0 radical (unpaired) electrons. The van der Waals surface area contributed by atoms with Gasteiger partial charge in [0.05, 0.1) is 11.4 Å². The van der Waals surface area contributed by atoms with Gasteiger partial charge in [0, 0.05) is 37.1 Å². The standard InChI is InChI=1S/C18H18ClN5O/c19-15-4-6-17(22-10-15)23-18(25)8-13-3-5-16(21-9-13)14-2-1-7-24(11-14)12-20/h3-6,9-10,14H,1-2,7-8,11H2,(H,22,23,25). The Morgan fingerprint density at radius 3 is 2.88 bits per heavy atom. The molecule has 1 fully saturated rings. The summed E-state index contributed by atoms with van der Waals surface area (Å²) in [7, 11) is 0. The maximum absolute atomic E-state index is 12.1. The topological polar surface area (TPSA) is 81.9 Å². The molecule has 3 heterocycles. The summed E-state index contributed by atoms with van der Waals surface area (Å²) in [5.41, 5.74) is 1.81. The monoisotopic (exact) mass is 355 g/mol. The van der Waals surface area contributed by atoms with Crippen LogP contribution in [-0.2, 0) is 11.2 Å². The molecule has 2 aromatic heterocycles. The first-order chi connectivity index (χ1) is 12.1. The number of amides is 1. The van der Waals surface area contributed by atoms with Crippen LogP contribution < -0.4 is 5.32 Å². The number of carbonyl (C=O) groups excluding carboxylic acids is 1. The number of pyridine rings is 2. The van der Waals surface area contributed by atoms with E-state index in [1.807, 2.05) is 12.1 Å². The van der Waals surface area contributed by atoms with E-state index in [9.17, 15) is 4.79 Å². The number of hydrogen-bond donors (Lipinski definition) is 1. The Balaban J connectivity index is 1.58. The van der Waals surface area contributed by atoms with Gasteiger partial charge < -0.3 is 10.2 Å². The van der Waals surface area contributed by atoms with Crippen molar-refractivity contribution in [1.29, 1.82) is 5.26 Å². The fourth-order valence-electron chi connectivity index (χ4n) is 2.91. The number of aromatic nitrogens is 2. The Morgan fingerprint density at radius 2 is 2.20 bits per heavy atom. The second kappa shape index (κ2) is 7.95. The van der Waals surface area contributed by atoms with Crippen molar-refractivity contribution < 1.29 is 4.79 Å². The summed E-state index contributed by atoms with van der Waals surface area (Å²) in [5.74, 6) is 0.588. The number of likely N-dealkylation sites (tertiary alicyclic amines) is 1. The van der Waals surface area contributed by atoms with Crippen molar-refractivity contribution in [3.8, 4) is 6.19 Å². The lowest BCUT2D eigenvalue weighted by molar-refractivity contribution is -0.115. The number of nitrogens with one attached hydrogen (secondary N) is 1. The molecule has 7 heteroatoms. The van der Waals surface area contributed by atoms with Crippen LogP contribution in [0.5, 0.6) is 0 Å². The molecule has 1 aliphatic heterocycles. The fourth-order valence-corrected chi connectivity index (χ4v) is 3.03. The maximum atomic E-state index is 12.1. The van der Waals surface area contributed by atoms with E-state index < -0.39 is 0 Å². The predicted octanol–water partition coefficient (Wildman–Crippen LogP) is 2.97. The number of halogens is 1. The van der Waals surface area contributed by atoms with Gasteiger partial charge in [-0.25, -0.2) is 4.98 Å². The van der Waals surface area contributed by atoms with Gasteiger partial charge in [-0.1, -0.05) is 17.7 Å². The van der Waals surface area contributed by atoms with Crippen LogP contribution in [0.25, 0.3) is 0 Å². The summed E-state index contributed by atoms with van der Waals surface area (Å²) in [6.07, 6.45) is 7.69. The first kappa shape index (κ1) is 17.2. The van der Waals surface area contributed by atoms with E-state index in [1.54, 1.807) is 23.2 Å². The van der Waals surface area contributed by atoms with Crippen LogP contribution in [0.15, 0.2) is 36.7 Å². The van der Waals surface area contributed by atoms with Crippen molar-refractivity contribution in [2.75, 3.05) is 18.4 Å². The molecule has 1 atom stereocenters. The van der Waals surface area contributed by atoms with Crippen molar-refractivity contribution in [2.45, 2.75) is 25.2 Å². The Labute approximate surface area is 151 Å². The number of anilines is 1. The zero-order chi connectivity index (χ0) is 17.6. The molecular formula is C18H18ClN5O. The smallest absolute Gasteiger partial charge is 0.230 e. The summed E-state index contributed by atoms with van der Waals surface area (Å²) < 4.78 is 0. The van der Waals surface area contributed by atoms with Gasteiger partial charge in [0.1, 0.15) is 5.82 Å². The third kappa shape index (κ3) is 4.68. The minimum absolute atomic E-state index is 0.155. The minimum atomic E-state index is -0.155. The number of rotatable bonds is 4. The van der Waals surface area contributed by atoms with Gasteiger partial charge in [-0.15, -0.1) is 0 Å². The zero-order valence-electron chi connectivity index (χ0n) is 13.7. The van der Waals surface area contributed by atoms with Gasteiger partial charge in [-0.2, -0.15) is 5.26 Å². The van der Waals surface area contributed by atoms with Crippen molar-refractivity contribution in [3.63, 3.8) is 0 Å². The summed E-state index contributed by atoms with van der Waals surface area (Å²) in [4.78, 5) is 22.4. The molecule has 25 heavy (non-hydrogen) atoms. The maximum Gasteiger partial charge on any atom is 0.230 e. The second-order valence-electron chi connectivity index (χ2n) is 6.06. The SMILES string of the molecule is N#CN1CCCC(c2ccc(CC(=O)Nc3ccc(Cl)cn3)cn2)C1. The number of carbonyl (C=O) groups is 1. The molecule has 0 saturated carbocycles. The summed E-state index contributed by atoms with van der Waals surface area (Å²) >= 11 is 5.77. The normalized spacial score (nSPS) is 17.0. The molecule has 3 rings (SSSR count). The lowest BCUT2D eigenvalue weighted by Crippen LogP contribution is -2.30. The average molecular weight is 356 g/mol. The molecular weight excluding hydrogens is 338 g/mol. The summed E-state index contributed by atoms with van der Waals surface area (Å²) in [6.45, 7) is 1.54. The fraction of sp³-hybridized carbons (Fsp3) is 0.333. The highest BCUT2D eigenvalue weighted by atomic mass is 35.5. The molecule has 128 valence electrons. The van der Waals surface area contributed by atoms with Crippen molar-refractivity contribution in [2.24, 2.45) is 0 Å². The first-order valence-corrected chi connectivity index (χ1v) is 8.53. The van der Waals surface area contributed by atoms with Crippen LogP contribution in [0.3, 0.4) is 0 Å². The third-order valence-electron chi connectivity index (χ3n) is 4.19. The molecule has 6 nitrogen and oxygen atoms in total. The van der Waals surface area contributed by atoms with E-state index in [1.165, 1.54) is 6.20 Å². The molecule has 1 amide bonds. The van der Waals surface area contributed by atoms with Crippen LogP contribution in [0, 0.1) is 11.5 Å². The van der Waals surface area contributed by atoms with E-state index in [0.717, 1.165) is 30.6 Å². The molecule has 0 spiro atoms. The van der Waals surface area contributed by atoms with Gasteiger partial charge in [-0.05, 0) is 36.6 Å². The Bertz CT molecular complexity index is 770. The second-order valence-corrected chi connectivity index (χ2v) is 6.50. The van der Waals surface area contributed by atoms with Crippen LogP contribution in [0.4, 0.5) is 5.82 Å². The molecule has 2 aromatic rings. The molecule has 0 aliphatic carbocycles. The van der Waals surface area contributed by atoms with E-state index in [0.29, 0.717) is 17.4 Å². The van der Waals surface area contributed by atoms with E-state index in [4.69, 9.17) is 16.9 Å². The molecule has 1 N–H and O–H groups in total. The first-order valence-electron chi connectivity index (χ1n) is 8.15. The highest BCUT2D eigenvalue weighted by molar-refractivity contribution is 6.30. The Morgan fingerprint density at radius 1 is 1.32 bits per heavy atom. The van der Waals surface area contributed by atoms with Crippen molar-refractivity contribution >= 4 is 23.3 Å². The lowest BCUT2D eigenvalue weighted by Gasteiger charge is -2.28.